The van der Waals surface area contributed by atoms with Gasteiger partial charge in [0, 0.05) is 30.8 Å². The van der Waals surface area contributed by atoms with Crippen molar-refractivity contribution in [1.82, 2.24) is 9.58 Å². The van der Waals surface area contributed by atoms with Crippen LogP contribution < -0.4 is 16.4 Å². The van der Waals surface area contributed by atoms with Gasteiger partial charge in [0.1, 0.15) is 11.5 Å². The van der Waals surface area contributed by atoms with Crippen molar-refractivity contribution in [3.63, 3.8) is 0 Å². The van der Waals surface area contributed by atoms with Crippen LogP contribution in [0.25, 0.3) is 11.1 Å². The monoisotopic (exact) mass is 719 g/mol. The summed E-state index contributed by atoms with van der Waals surface area (Å²) in [4.78, 5) is 14.9. The molecule has 0 atom stereocenters. The van der Waals surface area contributed by atoms with Crippen LogP contribution in [0.2, 0.25) is 5.02 Å². The number of anilines is 2. The number of methoxy groups -OCH3 is 1. The Morgan fingerprint density at radius 1 is 1.14 bits per heavy atom. The van der Waals surface area contributed by atoms with Crippen molar-refractivity contribution in [2.24, 2.45) is 12.2 Å². The average molecular weight is 720 g/mol. The number of likely N-dealkylation sites (tertiary alicyclic amines) is 1. The van der Waals surface area contributed by atoms with E-state index in [-0.39, 0.29) is 16.6 Å². The van der Waals surface area contributed by atoms with Gasteiger partial charge in [-0.1, -0.05) is 17.7 Å². The predicted octanol–water partition coefficient (Wildman–Crippen LogP) is 6.99. The van der Waals surface area contributed by atoms with Gasteiger partial charge in [-0.2, -0.15) is 16.4 Å². The lowest BCUT2D eigenvalue weighted by molar-refractivity contribution is -0.137. The second-order valence-corrected chi connectivity index (χ2v) is 11.6. The number of nitrogens with two attached hydrogens (primary N) is 1. The van der Waals surface area contributed by atoms with Crippen LogP contribution in [0.5, 0.6) is 0 Å². The minimum Gasteiger partial charge on any atom is -0.383 e. The third-order valence-corrected chi connectivity index (χ3v) is 8.84. The van der Waals surface area contributed by atoms with Crippen LogP contribution in [0.4, 0.5) is 33.7 Å². The van der Waals surface area contributed by atoms with Crippen LogP contribution in [0.3, 0.4) is 0 Å². The predicted molar refractivity (Wildman–Crippen MR) is 162 cm³/mol. The van der Waals surface area contributed by atoms with E-state index in [0.717, 1.165) is 49.3 Å². The van der Waals surface area contributed by atoms with E-state index in [2.05, 4.69) is 24.8 Å². The molecule has 1 aromatic heterocycles. The molecule has 42 heavy (non-hydrogen) atoms. The summed E-state index contributed by atoms with van der Waals surface area (Å²) in [5.41, 5.74) is 8.07. The number of ether oxygens (including phenoxy) is 1. The van der Waals surface area contributed by atoms with E-state index in [1.54, 1.807) is 25.3 Å². The van der Waals surface area contributed by atoms with Crippen LogP contribution in [-0.4, -0.2) is 54.8 Å². The van der Waals surface area contributed by atoms with E-state index in [1.165, 1.54) is 0 Å². The Morgan fingerprint density at radius 2 is 1.88 bits per heavy atom. The molecule has 0 bridgehead atoms. The molecule has 5 rings (SSSR count). The van der Waals surface area contributed by atoms with Crippen molar-refractivity contribution >= 4 is 56.1 Å². The number of aromatic nitrogens is 1. The lowest BCUT2D eigenvalue weighted by Gasteiger charge is -2.31. The van der Waals surface area contributed by atoms with Gasteiger partial charge in [-0.05, 0) is 67.9 Å². The number of carbonyl (C=O) groups is 1. The molecule has 2 amide bonds. The summed E-state index contributed by atoms with van der Waals surface area (Å²) in [7, 11) is 1.70. The van der Waals surface area contributed by atoms with E-state index in [0.29, 0.717) is 36.3 Å². The molecule has 3 aromatic rings. The first-order valence-electron chi connectivity index (χ1n) is 13.0. The van der Waals surface area contributed by atoms with E-state index in [4.69, 9.17) is 25.3 Å². The minimum atomic E-state index is -4.69. The van der Waals surface area contributed by atoms with E-state index in [1.807, 2.05) is 4.68 Å². The molecule has 0 aliphatic carbocycles. The number of alkyl halides is 3. The number of nitrogens with zero attached hydrogens (tertiary/aromatic N) is 4. The molecule has 0 unspecified atom stereocenters. The summed E-state index contributed by atoms with van der Waals surface area (Å²) in [5.74, 6) is -0.328. The maximum absolute atomic E-state index is 14.1. The Balaban J connectivity index is 1.35. The van der Waals surface area contributed by atoms with Gasteiger partial charge < -0.3 is 26.0 Å². The fraction of sp³-hybridized carbons (Fsp3) is 0.333. The van der Waals surface area contributed by atoms with Crippen molar-refractivity contribution < 1.29 is 27.1 Å². The summed E-state index contributed by atoms with van der Waals surface area (Å²) in [6.07, 6.45) is -2.77. The number of hydrogen-bond acceptors (Lipinski definition) is 6. The molecule has 3 heterocycles. The van der Waals surface area contributed by atoms with Crippen LogP contribution in [0, 0.1) is 5.82 Å². The van der Waals surface area contributed by atoms with Crippen molar-refractivity contribution in [3.8, 4) is 11.1 Å². The second-order valence-electron chi connectivity index (χ2n) is 9.84. The third kappa shape index (κ3) is 6.61. The van der Waals surface area contributed by atoms with Crippen LogP contribution in [-0.2, 0) is 10.9 Å². The number of urea groups is 1. The van der Waals surface area contributed by atoms with Gasteiger partial charge in [0.2, 0.25) is 0 Å². The lowest BCUT2D eigenvalue weighted by Crippen LogP contribution is -2.35. The highest BCUT2D eigenvalue weighted by molar-refractivity contribution is 14.1. The fourth-order valence-electron chi connectivity index (χ4n) is 5.02. The van der Waals surface area contributed by atoms with Gasteiger partial charge in [0.25, 0.3) is 0 Å². The van der Waals surface area contributed by atoms with Crippen molar-refractivity contribution in [2.75, 3.05) is 44.0 Å². The highest BCUT2D eigenvalue weighted by atomic mass is 127. The Bertz CT molecular complexity index is 1550. The zero-order valence-corrected chi connectivity index (χ0v) is 25.2. The summed E-state index contributed by atoms with van der Waals surface area (Å²) in [6.45, 7) is 3.47. The van der Waals surface area contributed by atoms with Gasteiger partial charge in [-0.3, -0.25) is 0 Å². The molecular weight excluding hydrogens is 693 g/mol. The number of amides is 2. The Hall–Kier alpha value is -3.08. The number of rotatable bonds is 7. The van der Waals surface area contributed by atoms with Crippen molar-refractivity contribution in [3.05, 3.63) is 70.3 Å². The van der Waals surface area contributed by atoms with Gasteiger partial charge in [-0.15, -0.1) is 3.25 Å². The Morgan fingerprint density at radius 3 is 2.57 bits per heavy atom. The normalized spacial score (nSPS) is 16.0. The summed E-state index contributed by atoms with van der Waals surface area (Å²) >= 11 is 5.68. The zero-order valence-electron chi connectivity index (χ0n) is 22.3. The molecule has 1 fully saturated rings. The quantitative estimate of drug-likeness (QED) is 0.181. The fourth-order valence-corrected chi connectivity index (χ4v) is 6.46. The minimum absolute atomic E-state index is 0.163. The number of benzene rings is 2. The molecule has 2 aliphatic heterocycles. The van der Waals surface area contributed by atoms with Gasteiger partial charge in [-0.25, -0.2) is 13.9 Å². The molecule has 0 saturated carbocycles. The van der Waals surface area contributed by atoms with Gasteiger partial charge in [0.05, 0.1) is 28.6 Å². The zero-order chi connectivity index (χ0) is 30.0. The van der Waals surface area contributed by atoms with Crippen LogP contribution >= 0.6 is 32.9 Å². The number of halogens is 6. The van der Waals surface area contributed by atoms with Crippen molar-refractivity contribution in [2.45, 2.75) is 24.9 Å². The molecular formula is C27H27ClF4IN7O2. The molecule has 224 valence electrons. The first-order chi connectivity index (χ1) is 20.0. The molecule has 4 N–H and O–H groups in total. The number of fused-ring (bicyclic) bond motifs is 1. The van der Waals surface area contributed by atoms with Crippen LogP contribution in [0.15, 0.2) is 48.9 Å². The number of carbonyl (C=O) groups excluding carboxylic acids is 1. The first kappa shape index (κ1) is 30.4. The first-order valence-corrected chi connectivity index (χ1v) is 15.3. The number of amidine groups is 1. The molecule has 2 aromatic carbocycles. The standard InChI is InChI=1S/C27H27ClF4IN7O2/c1-42-11-10-39-8-6-15(7-9-39)23-14-18(24-25(34)37-33-38-40(23)24)16-2-5-21(19(28)12-16)35-26(41)36-22-13-17(27(30,31)32)3-4-20(22)29/h2-5,12-15H,6-11H2,1H3,(H2,34,37,38)(H2,35,36,41). The molecule has 15 heteroatoms. The topological polar surface area (TPSA) is 109 Å². The summed E-state index contributed by atoms with van der Waals surface area (Å²) in [5, 5.41) is 4.73. The SMILES string of the molecule is COCCN1CCC(c2cc(-c3ccc(NC(=O)Nc4cc(C(F)(F)F)ccc4F)c(Cl)c3)c3n2N=IN=C3N)CC1. The molecule has 1 saturated heterocycles. The summed E-state index contributed by atoms with van der Waals surface area (Å²) < 4.78 is 69.4. The van der Waals surface area contributed by atoms with Gasteiger partial charge >= 0.3 is 12.2 Å². The molecule has 0 spiro atoms. The van der Waals surface area contributed by atoms with Gasteiger partial charge in [0.15, 0.2) is 27.1 Å². The Labute approximate surface area is 254 Å². The largest absolute Gasteiger partial charge is 0.416 e. The number of piperidine rings is 1. The van der Waals surface area contributed by atoms with Crippen LogP contribution in [0.1, 0.15) is 35.7 Å². The average Bonchev–Trinajstić information content (AvgIpc) is 3.35. The molecule has 9 nitrogen and oxygen atoms in total. The molecule has 0 radical (unpaired) electrons. The lowest BCUT2D eigenvalue weighted by atomic mass is 9.93. The highest BCUT2D eigenvalue weighted by Crippen LogP contribution is 2.39. The van der Waals surface area contributed by atoms with E-state index < -0.39 is 50.6 Å². The highest BCUT2D eigenvalue weighted by Gasteiger charge is 2.32. The van der Waals surface area contributed by atoms with Crippen molar-refractivity contribution in [1.29, 1.82) is 0 Å². The summed E-state index contributed by atoms with van der Waals surface area (Å²) in [6, 6.07) is 7.80. The number of hydrogen-bond donors (Lipinski definition) is 3. The Kier molecular flexibility index (Phi) is 9.15. The maximum Gasteiger partial charge on any atom is 0.416 e. The second kappa shape index (κ2) is 12.7. The maximum atomic E-state index is 14.1. The third-order valence-electron chi connectivity index (χ3n) is 7.17. The van der Waals surface area contributed by atoms with E-state index in [9.17, 15) is 22.4 Å². The van der Waals surface area contributed by atoms with E-state index >= 15 is 0 Å². The smallest absolute Gasteiger partial charge is 0.383 e. The number of nitrogens with one attached hydrogen (secondary N) is 2. The molecule has 2 aliphatic rings.